The minimum Gasteiger partial charge on any atom is -0.357 e. The van der Waals surface area contributed by atoms with Crippen LogP contribution in [0.5, 0.6) is 0 Å². The molecule has 6 heteroatoms. The molecule has 0 radical (unpaired) electrons. The fourth-order valence-electron chi connectivity index (χ4n) is 2.77. The number of hydrogen-bond acceptors (Lipinski definition) is 3. The summed E-state index contributed by atoms with van der Waals surface area (Å²) < 4.78 is 0. The topological polar surface area (TPSA) is 42.9 Å². The van der Waals surface area contributed by atoms with Crippen LogP contribution >= 0.6 is 24.0 Å². The predicted molar refractivity (Wildman–Crippen MR) is 117 cm³/mol. The predicted octanol–water partition coefficient (Wildman–Crippen LogP) is 2.62. The van der Waals surface area contributed by atoms with Gasteiger partial charge < -0.3 is 15.5 Å². The molecule has 0 aromatic heterocycles. The van der Waals surface area contributed by atoms with Gasteiger partial charge in [0.1, 0.15) is 0 Å². The van der Waals surface area contributed by atoms with E-state index in [0.29, 0.717) is 17.5 Å². The van der Waals surface area contributed by atoms with E-state index < -0.39 is 0 Å². The van der Waals surface area contributed by atoms with Crippen LogP contribution in [0.25, 0.3) is 0 Å². The first-order valence-electron chi connectivity index (χ1n) is 9.15. The van der Waals surface area contributed by atoms with Crippen molar-refractivity contribution in [1.82, 2.24) is 20.4 Å². The molecule has 5 nitrogen and oxygen atoms in total. The highest BCUT2D eigenvalue weighted by Gasteiger charge is 2.22. The molecule has 2 unspecified atom stereocenters. The molecule has 2 N–H and O–H groups in total. The third kappa shape index (κ3) is 10.0. The number of nitrogens with one attached hydrogen (secondary N) is 2. The van der Waals surface area contributed by atoms with Crippen LogP contribution in [0.1, 0.15) is 47.5 Å². The van der Waals surface area contributed by atoms with Gasteiger partial charge in [-0.25, -0.2) is 0 Å². The maximum absolute atomic E-state index is 4.83. The highest BCUT2D eigenvalue weighted by molar-refractivity contribution is 14.0. The maximum Gasteiger partial charge on any atom is 0.191 e. The van der Waals surface area contributed by atoms with Crippen molar-refractivity contribution in [1.29, 1.82) is 0 Å². The third-order valence-electron chi connectivity index (χ3n) is 4.50. The average molecular weight is 453 g/mol. The van der Waals surface area contributed by atoms with E-state index >= 15 is 0 Å². The van der Waals surface area contributed by atoms with Gasteiger partial charge in [0.05, 0.1) is 6.54 Å². The summed E-state index contributed by atoms with van der Waals surface area (Å²) in [6.45, 7) is 16.4. The summed E-state index contributed by atoms with van der Waals surface area (Å²) in [5.41, 5.74) is 0.390. The lowest BCUT2D eigenvalue weighted by Crippen LogP contribution is -2.52. The van der Waals surface area contributed by atoms with E-state index in [-0.39, 0.29) is 24.0 Å². The fraction of sp³-hybridized carbons (Fsp3) is 0.944. The van der Waals surface area contributed by atoms with Crippen molar-refractivity contribution in [3.05, 3.63) is 0 Å². The number of likely N-dealkylation sites (N-methyl/N-ethyl adjacent to an activating group) is 2. The van der Waals surface area contributed by atoms with E-state index in [9.17, 15) is 0 Å². The zero-order chi connectivity index (χ0) is 17.5. The van der Waals surface area contributed by atoms with Gasteiger partial charge in [-0.15, -0.1) is 24.0 Å². The van der Waals surface area contributed by atoms with Crippen molar-refractivity contribution < 1.29 is 0 Å². The Hall–Kier alpha value is -0.0800. The molecular formula is C18H40IN5. The summed E-state index contributed by atoms with van der Waals surface area (Å²) >= 11 is 0. The van der Waals surface area contributed by atoms with Crippen molar-refractivity contribution in [2.45, 2.75) is 59.5 Å². The third-order valence-corrected chi connectivity index (χ3v) is 4.50. The SMILES string of the molecule is CCNC(=NCC1CN(C)CCN1C)NC(C)CCC(C)(C)C.I. The molecule has 0 aliphatic carbocycles. The summed E-state index contributed by atoms with van der Waals surface area (Å²) in [5, 5.41) is 6.95. The van der Waals surface area contributed by atoms with Crippen LogP contribution in [-0.2, 0) is 0 Å². The molecule has 1 rings (SSSR count). The number of guanidine groups is 1. The Morgan fingerprint density at radius 1 is 1.25 bits per heavy atom. The Morgan fingerprint density at radius 3 is 2.50 bits per heavy atom. The standard InChI is InChI=1S/C18H39N5.HI/c1-8-19-17(21-15(2)9-10-18(3,4)5)20-13-16-14-22(6)11-12-23(16)7;/h15-16H,8-14H2,1-7H3,(H2,19,20,21);1H. The molecule has 1 aliphatic rings. The van der Waals surface area contributed by atoms with Crippen molar-refractivity contribution in [3.63, 3.8) is 0 Å². The molecule has 1 fully saturated rings. The Balaban J connectivity index is 0.00000529. The monoisotopic (exact) mass is 453 g/mol. The summed E-state index contributed by atoms with van der Waals surface area (Å²) in [4.78, 5) is 9.65. The second-order valence-corrected chi connectivity index (χ2v) is 8.26. The number of halogens is 1. The first-order valence-corrected chi connectivity index (χ1v) is 9.15. The normalized spacial score (nSPS) is 22.0. The van der Waals surface area contributed by atoms with Crippen LogP contribution in [0.4, 0.5) is 0 Å². The van der Waals surface area contributed by atoms with Crippen LogP contribution < -0.4 is 10.6 Å². The van der Waals surface area contributed by atoms with Gasteiger partial charge in [-0.3, -0.25) is 9.89 Å². The lowest BCUT2D eigenvalue weighted by Gasteiger charge is -2.37. The van der Waals surface area contributed by atoms with E-state index in [2.05, 4.69) is 69.1 Å². The van der Waals surface area contributed by atoms with Gasteiger partial charge in [0.2, 0.25) is 0 Å². The number of nitrogens with zero attached hydrogens (tertiary/aromatic N) is 3. The van der Waals surface area contributed by atoms with Crippen LogP contribution in [0.3, 0.4) is 0 Å². The zero-order valence-electron chi connectivity index (χ0n) is 16.9. The molecule has 1 heterocycles. The van der Waals surface area contributed by atoms with Gasteiger partial charge in [-0.1, -0.05) is 20.8 Å². The first kappa shape index (κ1) is 23.9. The van der Waals surface area contributed by atoms with Crippen LogP contribution in [0, 0.1) is 5.41 Å². The van der Waals surface area contributed by atoms with Gasteiger partial charge in [-0.2, -0.15) is 0 Å². The largest absolute Gasteiger partial charge is 0.357 e. The summed E-state index contributed by atoms with van der Waals surface area (Å²) in [6.07, 6.45) is 2.39. The second-order valence-electron chi connectivity index (χ2n) is 8.26. The Bertz CT molecular complexity index is 367. The van der Waals surface area contributed by atoms with E-state index in [4.69, 9.17) is 4.99 Å². The van der Waals surface area contributed by atoms with E-state index in [0.717, 1.165) is 38.7 Å². The highest BCUT2D eigenvalue weighted by atomic mass is 127. The average Bonchev–Trinajstić information content (AvgIpc) is 2.45. The summed E-state index contributed by atoms with van der Waals surface area (Å²) in [6, 6.07) is 0.952. The van der Waals surface area contributed by atoms with Crippen LogP contribution in [0.15, 0.2) is 4.99 Å². The first-order chi connectivity index (χ1) is 10.7. The smallest absolute Gasteiger partial charge is 0.191 e. The summed E-state index contributed by atoms with van der Waals surface area (Å²) in [7, 11) is 4.40. The maximum atomic E-state index is 4.83. The zero-order valence-corrected chi connectivity index (χ0v) is 19.2. The molecule has 144 valence electrons. The molecule has 0 bridgehead atoms. The second kappa shape index (κ2) is 11.5. The molecule has 2 atom stereocenters. The molecule has 24 heavy (non-hydrogen) atoms. The van der Waals surface area contributed by atoms with Crippen molar-refractivity contribution in [3.8, 4) is 0 Å². The Kier molecular flexibility index (Phi) is 11.5. The van der Waals surface area contributed by atoms with Gasteiger partial charge in [0, 0.05) is 38.3 Å². The molecule has 0 spiro atoms. The van der Waals surface area contributed by atoms with Crippen molar-refractivity contribution >= 4 is 29.9 Å². The minimum absolute atomic E-state index is 0. The number of aliphatic imine (C=N–C) groups is 1. The lowest BCUT2D eigenvalue weighted by molar-refractivity contribution is 0.119. The quantitative estimate of drug-likeness (QED) is 0.369. The van der Waals surface area contributed by atoms with Crippen molar-refractivity contribution in [2.24, 2.45) is 10.4 Å². The molecule has 0 aromatic carbocycles. The Labute approximate surface area is 167 Å². The fourth-order valence-corrected chi connectivity index (χ4v) is 2.77. The molecule has 1 aliphatic heterocycles. The molecule has 0 saturated carbocycles. The summed E-state index contributed by atoms with van der Waals surface area (Å²) in [5.74, 6) is 0.954. The van der Waals surface area contributed by atoms with Gasteiger partial charge in [0.25, 0.3) is 0 Å². The number of hydrogen-bond donors (Lipinski definition) is 2. The lowest BCUT2D eigenvalue weighted by atomic mass is 9.89. The van der Waals surface area contributed by atoms with Gasteiger partial charge in [-0.05, 0) is 46.2 Å². The van der Waals surface area contributed by atoms with E-state index in [1.807, 2.05) is 0 Å². The Morgan fingerprint density at radius 2 is 1.92 bits per heavy atom. The molecule has 0 aromatic rings. The van der Waals surface area contributed by atoms with Gasteiger partial charge in [0.15, 0.2) is 5.96 Å². The minimum atomic E-state index is 0. The molecule has 1 saturated heterocycles. The van der Waals surface area contributed by atoms with Crippen molar-refractivity contribution in [2.75, 3.05) is 46.8 Å². The van der Waals surface area contributed by atoms with Crippen LogP contribution in [0.2, 0.25) is 0 Å². The van der Waals surface area contributed by atoms with E-state index in [1.54, 1.807) is 0 Å². The van der Waals surface area contributed by atoms with Gasteiger partial charge >= 0.3 is 0 Å². The van der Waals surface area contributed by atoms with Crippen LogP contribution in [-0.4, -0.2) is 74.7 Å². The highest BCUT2D eigenvalue weighted by Crippen LogP contribution is 2.21. The molecule has 0 amide bonds. The number of piperazine rings is 1. The number of rotatable bonds is 6. The van der Waals surface area contributed by atoms with E-state index in [1.165, 1.54) is 12.8 Å². The molecular weight excluding hydrogens is 413 g/mol.